The van der Waals surface area contributed by atoms with Crippen molar-refractivity contribution in [3.8, 4) is 0 Å². The Bertz CT molecular complexity index is 649. The summed E-state index contributed by atoms with van der Waals surface area (Å²) < 4.78 is 0. The topological polar surface area (TPSA) is 111 Å². The Morgan fingerprint density at radius 1 is 0.875 bits per heavy atom. The summed E-state index contributed by atoms with van der Waals surface area (Å²) >= 11 is 0. The Labute approximate surface area is 139 Å². The predicted molar refractivity (Wildman–Crippen MR) is 85.5 cm³/mol. The van der Waals surface area contributed by atoms with Crippen LogP contribution in [0.4, 0.5) is 5.69 Å². The number of non-ortho nitro benzene ring substituents is 1. The van der Waals surface area contributed by atoms with Crippen molar-refractivity contribution in [2.75, 3.05) is 0 Å². The first kappa shape index (κ1) is 19.3. The second-order valence-corrected chi connectivity index (χ2v) is 5.78. The molecular weight excluding hydrogens is 314 g/mol. The van der Waals surface area contributed by atoms with Gasteiger partial charge in [0.25, 0.3) is 5.69 Å². The van der Waals surface area contributed by atoms with E-state index in [2.05, 4.69) is 0 Å². The second kappa shape index (κ2) is 7.72. The van der Waals surface area contributed by atoms with Gasteiger partial charge in [0.2, 0.25) is 0 Å². The molecule has 0 heterocycles. The van der Waals surface area contributed by atoms with Gasteiger partial charge in [-0.2, -0.15) is 0 Å². The number of carbonyl (C=O) groups excluding carboxylic acids is 4. The smallest absolute Gasteiger partial charge is 0.269 e. The second-order valence-electron chi connectivity index (χ2n) is 5.78. The van der Waals surface area contributed by atoms with Crippen molar-refractivity contribution in [3.05, 3.63) is 39.9 Å². The molecule has 0 saturated heterocycles. The third-order valence-electron chi connectivity index (χ3n) is 3.94. The van der Waals surface area contributed by atoms with Gasteiger partial charge in [-0.15, -0.1) is 0 Å². The summed E-state index contributed by atoms with van der Waals surface area (Å²) in [6, 6.07) is 5.33. The molecule has 1 rings (SSSR count). The average molecular weight is 333 g/mol. The monoisotopic (exact) mass is 333 g/mol. The molecule has 0 spiro atoms. The first-order chi connectivity index (χ1) is 11.1. The molecule has 24 heavy (non-hydrogen) atoms. The summed E-state index contributed by atoms with van der Waals surface area (Å²) in [4.78, 5) is 58.3. The Morgan fingerprint density at radius 3 is 1.62 bits per heavy atom. The number of nitrogens with zero attached hydrogens (tertiary/aromatic N) is 1. The van der Waals surface area contributed by atoms with Crippen molar-refractivity contribution >= 4 is 28.8 Å². The van der Waals surface area contributed by atoms with E-state index < -0.39 is 45.8 Å². The molecule has 7 heteroatoms. The van der Waals surface area contributed by atoms with Crippen LogP contribution in [0, 0.1) is 22.0 Å². The number of rotatable bonds is 8. The number of hydrogen-bond donors (Lipinski definition) is 0. The number of ketones is 4. The highest BCUT2D eigenvalue weighted by molar-refractivity contribution is 6.06. The number of nitro benzene ring substituents is 1. The Balaban J connectivity index is 3.64. The molecule has 0 aliphatic rings. The highest BCUT2D eigenvalue weighted by Crippen LogP contribution is 2.36. The van der Waals surface area contributed by atoms with Crippen molar-refractivity contribution in [3.63, 3.8) is 0 Å². The van der Waals surface area contributed by atoms with Crippen LogP contribution < -0.4 is 0 Å². The molecule has 1 aromatic rings. The van der Waals surface area contributed by atoms with Gasteiger partial charge in [-0.25, -0.2) is 0 Å². The molecule has 7 nitrogen and oxygen atoms in total. The Morgan fingerprint density at radius 2 is 1.29 bits per heavy atom. The van der Waals surface area contributed by atoms with Crippen molar-refractivity contribution in [1.29, 1.82) is 0 Å². The third-order valence-corrected chi connectivity index (χ3v) is 3.94. The molecule has 0 unspecified atom stereocenters. The quantitative estimate of drug-likeness (QED) is 0.410. The van der Waals surface area contributed by atoms with Crippen LogP contribution in [0.3, 0.4) is 0 Å². The summed E-state index contributed by atoms with van der Waals surface area (Å²) in [7, 11) is 0. The summed E-state index contributed by atoms with van der Waals surface area (Å²) in [6.07, 6.45) is 0. The van der Waals surface area contributed by atoms with E-state index in [4.69, 9.17) is 0 Å². The molecule has 0 fully saturated rings. The summed E-state index contributed by atoms with van der Waals surface area (Å²) in [5.74, 6) is -5.47. The van der Waals surface area contributed by atoms with Crippen LogP contribution in [0.15, 0.2) is 24.3 Å². The minimum Gasteiger partial charge on any atom is -0.299 e. The SMILES string of the molecule is CC(=O)C(C(C)=O)C(c1cccc([N+](=O)[O-])c1)C(C(C)=O)C(C)=O. The maximum atomic E-state index is 12.0. The normalized spacial score (nSPS) is 11.0. The fraction of sp³-hybridized carbons (Fsp3) is 0.412. The number of carbonyl (C=O) groups is 4. The molecule has 0 atom stereocenters. The third kappa shape index (κ3) is 4.18. The lowest BCUT2D eigenvalue weighted by atomic mass is 9.71. The van der Waals surface area contributed by atoms with E-state index in [1.54, 1.807) is 0 Å². The van der Waals surface area contributed by atoms with Gasteiger partial charge in [0.05, 0.1) is 16.8 Å². The van der Waals surface area contributed by atoms with E-state index in [9.17, 15) is 29.3 Å². The highest BCUT2D eigenvalue weighted by atomic mass is 16.6. The fourth-order valence-electron chi connectivity index (χ4n) is 3.01. The van der Waals surface area contributed by atoms with Gasteiger partial charge in [0.1, 0.15) is 23.1 Å². The fourth-order valence-corrected chi connectivity index (χ4v) is 3.01. The zero-order valence-electron chi connectivity index (χ0n) is 13.9. The summed E-state index contributed by atoms with van der Waals surface area (Å²) in [5, 5.41) is 11.0. The van der Waals surface area contributed by atoms with Gasteiger partial charge in [-0.05, 0) is 33.3 Å². The van der Waals surface area contributed by atoms with Crippen molar-refractivity contribution in [1.82, 2.24) is 0 Å². The number of nitro groups is 1. The Hall–Kier alpha value is -2.70. The van der Waals surface area contributed by atoms with Crippen LogP contribution in [0.25, 0.3) is 0 Å². The molecule has 0 aromatic heterocycles. The van der Waals surface area contributed by atoms with Crippen LogP contribution in [0.1, 0.15) is 39.2 Å². The van der Waals surface area contributed by atoms with Gasteiger partial charge in [0.15, 0.2) is 0 Å². The number of hydrogen-bond acceptors (Lipinski definition) is 6. The lowest BCUT2D eigenvalue weighted by Gasteiger charge is -2.28. The van der Waals surface area contributed by atoms with Crippen LogP contribution in [0.2, 0.25) is 0 Å². The lowest BCUT2D eigenvalue weighted by Crippen LogP contribution is -2.37. The van der Waals surface area contributed by atoms with Gasteiger partial charge < -0.3 is 0 Å². The van der Waals surface area contributed by atoms with E-state index in [1.807, 2.05) is 0 Å². The molecule has 0 aliphatic heterocycles. The van der Waals surface area contributed by atoms with E-state index in [1.165, 1.54) is 52.0 Å². The summed E-state index contributed by atoms with van der Waals surface area (Å²) in [6.45, 7) is 4.81. The van der Waals surface area contributed by atoms with Gasteiger partial charge in [-0.3, -0.25) is 29.3 Å². The van der Waals surface area contributed by atoms with Crippen molar-refractivity contribution < 1.29 is 24.1 Å². The average Bonchev–Trinajstić information content (AvgIpc) is 2.45. The van der Waals surface area contributed by atoms with Crippen LogP contribution in [0.5, 0.6) is 0 Å². The van der Waals surface area contributed by atoms with Crippen LogP contribution in [-0.4, -0.2) is 28.1 Å². The number of Topliss-reactive ketones (excluding diaryl/α,β-unsaturated/α-hetero) is 4. The first-order valence-electron chi connectivity index (χ1n) is 7.34. The minimum atomic E-state index is -1.22. The maximum Gasteiger partial charge on any atom is 0.269 e. The molecule has 0 N–H and O–H groups in total. The molecular formula is C17H19NO6. The van der Waals surface area contributed by atoms with Gasteiger partial charge >= 0.3 is 0 Å². The van der Waals surface area contributed by atoms with Crippen molar-refractivity contribution in [2.45, 2.75) is 33.6 Å². The van der Waals surface area contributed by atoms with E-state index in [0.29, 0.717) is 0 Å². The molecule has 1 aromatic carbocycles. The van der Waals surface area contributed by atoms with Gasteiger partial charge in [0, 0.05) is 18.1 Å². The highest BCUT2D eigenvalue weighted by Gasteiger charge is 2.41. The zero-order chi connectivity index (χ0) is 18.6. The van der Waals surface area contributed by atoms with E-state index in [0.717, 1.165) is 0 Å². The van der Waals surface area contributed by atoms with Crippen LogP contribution in [-0.2, 0) is 19.2 Å². The van der Waals surface area contributed by atoms with Crippen LogP contribution >= 0.6 is 0 Å². The largest absolute Gasteiger partial charge is 0.299 e. The molecule has 0 radical (unpaired) electrons. The lowest BCUT2D eigenvalue weighted by molar-refractivity contribution is -0.384. The standard InChI is InChI=1S/C17H19NO6/c1-9(19)15(10(2)20)17(16(11(3)21)12(4)22)13-6-5-7-14(8-13)18(23)24/h5-8,15-17H,1-4H3. The van der Waals surface area contributed by atoms with Gasteiger partial charge in [-0.1, -0.05) is 12.1 Å². The van der Waals surface area contributed by atoms with Crippen molar-refractivity contribution in [2.24, 2.45) is 11.8 Å². The zero-order valence-corrected chi connectivity index (χ0v) is 13.9. The van der Waals surface area contributed by atoms with E-state index in [-0.39, 0.29) is 11.3 Å². The summed E-state index contributed by atoms with van der Waals surface area (Å²) in [5.41, 5.74) is 0.00390. The molecule has 0 saturated carbocycles. The Kier molecular flexibility index (Phi) is 6.22. The molecule has 0 amide bonds. The van der Waals surface area contributed by atoms with E-state index >= 15 is 0 Å². The molecule has 0 bridgehead atoms. The minimum absolute atomic E-state index is 0.241. The predicted octanol–water partition coefficient (Wildman–Crippen LogP) is 2.27. The molecule has 0 aliphatic carbocycles. The maximum absolute atomic E-state index is 12.0. The molecule has 128 valence electrons. The number of benzene rings is 1. The first-order valence-corrected chi connectivity index (χ1v) is 7.34.